The average Bonchev–Trinajstić information content (AvgIpc) is 3.41. The Kier molecular flexibility index (Phi) is 7.11. The van der Waals surface area contributed by atoms with Gasteiger partial charge in [0.2, 0.25) is 23.6 Å². The van der Waals surface area contributed by atoms with Crippen LogP contribution in [0.25, 0.3) is 0 Å². The van der Waals surface area contributed by atoms with Crippen molar-refractivity contribution < 1.29 is 28.7 Å². The molecule has 0 aromatic carbocycles. The molecule has 5 unspecified atom stereocenters. The van der Waals surface area contributed by atoms with Crippen molar-refractivity contribution in [2.45, 2.75) is 103 Å². The average molecular weight is 491 g/mol. The van der Waals surface area contributed by atoms with Crippen molar-refractivity contribution in [2.75, 3.05) is 19.6 Å². The zero-order valence-corrected chi connectivity index (χ0v) is 21.2. The maximum absolute atomic E-state index is 13.5. The summed E-state index contributed by atoms with van der Waals surface area (Å²) in [5, 5.41) is 2.81. The van der Waals surface area contributed by atoms with Gasteiger partial charge in [0.1, 0.15) is 30.3 Å². The largest absolute Gasteiger partial charge is 0.461 e. The minimum Gasteiger partial charge on any atom is -0.461 e. The Balaban J connectivity index is 1.65. The third-order valence-electron chi connectivity index (χ3n) is 7.73. The van der Waals surface area contributed by atoms with E-state index in [0.29, 0.717) is 45.3 Å². The molecule has 194 valence electrons. The molecule has 0 bridgehead atoms. The Hall–Kier alpha value is -2.65. The molecule has 4 fully saturated rings. The summed E-state index contributed by atoms with van der Waals surface area (Å²) in [6, 6.07) is -2.90. The fraction of sp³-hybridized carbons (Fsp3) is 0.800. The second-order valence-corrected chi connectivity index (χ2v) is 11.3. The summed E-state index contributed by atoms with van der Waals surface area (Å²) < 4.78 is 5.63. The molecule has 35 heavy (non-hydrogen) atoms. The normalized spacial score (nSPS) is 34.8. The van der Waals surface area contributed by atoms with Crippen LogP contribution in [0.2, 0.25) is 0 Å². The van der Waals surface area contributed by atoms with E-state index in [0.717, 1.165) is 12.8 Å². The minimum atomic E-state index is -0.847. The van der Waals surface area contributed by atoms with Crippen LogP contribution in [0.15, 0.2) is 0 Å². The summed E-state index contributed by atoms with van der Waals surface area (Å²) in [6.45, 7) is 8.54. The van der Waals surface area contributed by atoms with Crippen LogP contribution in [0.5, 0.6) is 0 Å². The second kappa shape index (κ2) is 9.78. The van der Waals surface area contributed by atoms with Gasteiger partial charge in [0.15, 0.2) is 0 Å². The molecule has 4 aliphatic rings. The second-order valence-electron chi connectivity index (χ2n) is 11.3. The van der Waals surface area contributed by atoms with E-state index >= 15 is 0 Å². The molecule has 1 N–H and O–H groups in total. The summed E-state index contributed by atoms with van der Waals surface area (Å²) in [4.78, 5) is 71.1. The van der Waals surface area contributed by atoms with Crippen LogP contribution >= 0.6 is 0 Å². The quantitative estimate of drug-likeness (QED) is 0.503. The number of amides is 4. The number of piperidine rings is 1. The Morgan fingerprint density at radius 2 is 1.51 bits per heavy atom. The highest BCUT2D eigenvalue weighted by Crippen LogP contribution is 2.35. The van der Waals surface area contributed by atoms with E-state index in [9.17, 15) is 24.0 Å². The zero-order valence-electron chi connectivity index (χ0n) is 21.2. The molecule has 0 radical (unpaired) electrons. The summed E-state index contributed by atoms with van der Waals surface area (Å²) in [5.74, 6) is -1.71. The van der Waals surface area contributed by atoms with Crippen LogP contribution in [0.4, 0.5) is 0 Å². The molecule has 0 saturated carbocycles. The van der Waals surface area contributed by atoms with Crippen molar-refractivity contribution in [1.82, 2.24) is 20.0 Å². The van der Waals surface area contributed by atoms with Crippen molar-refractivity contribution in [3.8, 4) is 0 Å². The number of nitrogens with zero attached hydrogens (tertiary/aromatic N) is 3. The Morgan fingerprint density at radius 1 is 0.829 bits per heavy atom. The lowest BCUT2D eigenvalue weighted by Gasteiger charge is -2.38. The Bertz CT molecular complexity index is 904. The predicted octanol–water partition coefficient (Wildman–Crippen LogP) is 0.826. The number of hydrogen-bond donors (Lipinski definition) is 1. The summed E-state index contributed by atoms with van der Waals surface area (Å²) in [5.41, 5.74) is -0.291. The number of esters is 1. The fourth-order valence-electron chi connectivity index (χ4n) is 5.99. The number of cyclic esters (lactones) is 1. The monoisotopic (exact) mass is 490 g/mol. The van der Waals surface area contributed by atoms with Crippen molar-refractivity contribution in [2.24, 2.45) is 5.41 Å². The van der Waals surface area contributed by atoms with E-state index in [4.69, 9.17) is 4.74 Å². The minimum absolute atomic E-state index is 0.0279. The molecule has 0 aromatic rings. The van der Waals surface area contributed by atoms with Crippen LogP contribution in [-0.4, -0.2) is 94.2 Å². The van der Waals surface area contributed by atoms with Gasteiger partial charge in [-0.3, -0.25) is 19.2 Å². The molecule has 10 nitrogen and oxygen atoms in total. The summed E-state index contributed by atoms with van der Waals surface area (Å²) in [7, 11) is 0. The van der Waals surface area contributed by atoms with Gasteiger partial charge in [-0.2, -0.15) is 0 Å². The number of carbonyl (C=O) groups is 5. The van der Waals surface area contributed by atoms with E-state index in [1.807, 2.05) is 13.8 Å². The lowest BCUT2D eigenvalue weighted by atomic mass is 9.91. The molecule has 0 aliphatic carbocycles. The topological polar surface area (TPSA) is 116 Å². The van der Waals surface area contributed by atoms with Crippen molar-refractivity contribution in [1.29, 1.82) is 0 Å². The molecular weight excluding hydrogens is 452 g/mol. The number of rotatable bonds is 0. The van der Waals surface area contributed by atoms with E-state index in [-0.39, 0.29) is 35.5 Å². The number of hydrogen-bond acceptors (Lipinski definition) is 6. The Morgan fingerprint density at radius 3 is 2.26 bits per heavy atom. The van der Waals surface area contributed by atoms with Crippen LogP contribution in [0.1, 0.15) is 72.6 Å². The van der Waals surface area contributed by atoms with Gasteiger partial charge in [-0.05, 0) is 57.8 Å². The molecule has 10 heteroatoms. The molecule has 4 heterocycles. The van der Waals surface area contributed by atoms with Gasteiger partial charge in [-0.15, -0.1) is 0 Å². The molecule has 4 rings (SSSR count). The lowest BCUT2D eigenvalue weighted by molar-refractivity contribution is -0.160. The molecule has 0 aromatic heterocycles. The van der Waals surface area contributed by atoms with E-state index in [1.54, 1.807) is 23.6 Å². The highest BCUT2D eigenvalue weighted by Gasteiger charge is 2.47. The van der Waals surface area contributed by atoms with Gasteiger partial charge in [-0.1, -0.05) is 13.8 Å². The molecule has 5 atom stereocenters. The number of fused-ring (bicyclic) bond motifs is 3. The van der Waals surface area contributed by atoms with Gasteiger partial charge in [-0.25, -0.2) is 4.79 Å². The van der Waals surface area contributed by atoms with Crippen molar-refractivity contribution in [3.63, 3.8) is 0 Å². The summed E-state index contributed by atoms with van der Waals surface area (Å²) in [6.07, 6.45) is 3.11. The lowest BCUT2D eigenvalue weighted by Crippen LogP contribution is -2.59. The molecule has 4 amide bonds. The van der Waals surface area contributed by atoms with Gasteiger partial charge in [0.25, 0.3) is 0 Å². The van der Waals surface area contributed by atoms with Crippen LogP contribution in [0, 0.1) is 5.41 Å². The number of carbonyl (C=O) groups excluding carboxylic acids is 5. The first-order valence-corrected chi connectivity index (χ1v) is 12.9. The first kappa shape index (κ1) is 25.4. The number of nitrogens with one attached hydrogen (secondary N) is 1. The molecule has 4 saturated heterocycles. The van der Waals surface area contributed by atoms with Crippen LogP contribution < -0.4 is 5.32 Å². The van der Waals surface area contributed by atoms with E-state index in [2.05, 4.69) is 5.32 Å². The predicted molar refractivity (Wildman–Crippen MR) is 126 cm³/mol. The molecular formula is C25H38N4O6. The highest BCUT2D eigenvalue weighted by atomic mass is 16.5. The maximum atomic E-state index is 13.5. The van der Waals surface area contributed by atoms with Gasteiger partial charge in [0, 0.05) is 19.6 Å². The van der Waals surface area contributed by atoms with Crippen LogP contribution in [-0.2, 0) is 28.7 Å². The third kappa shape index (κ3) is 5.16. The van der Waals surface area contributed by atoms with Crippen LogP contribution in [0.3, 0.4) is 0 Å². The number of ether oxygens (including phenoxy) is 1. The Labute approximate surface area is 206 Å². The van der Waals surface area contributed by atoms with E-state index < -0.39 is 36.2 Å². The van der Waals surface area contributed by atoms with Gasteiger partial charge < -0.3 is 24.8 Å². The molecule has 0 spiro atoms. The third-order valence-corrected chi connectivity index (χ3v) is 7.73. The van der Waals surface area contributed by atoms with Gasteiger partial charge in [0.05, 0.1) is 6.42 Å². The molecule has 4 aliphatic heterocycles. The van der Waals surface area contributed by atoms with Crippen molar-refractivity contribution >= 4 is 29.6 Å². The van der Waals surface area contributed by atoms with Crippen molar-refractivity contribution in [3.05, 3.63) is 0 Å². The van der Waals surface area contributed by atoms with Gasteiger partial charge >= 0.3 is 5.97 Å². The first-order valence-electron chi connectivity index (χ1n) is 12.9. The highest BCUT2D eigenvalue weighted by molar-refractivity contribution is 5.95. The zero-order chi connectivity index (χ0) is 25.5. The van der Waals surface area contributed by atoms with E-state index in [1.165, 1.54) is 4.90 Å². The standard InChI is InChI=1S/C25H38N4O6/c1-15-12-20(30)27-11-7-9-18(27)23(33)28-10-6-5-8-17(28)21(31)26-16(2)22(32)29-14-25(3,4)13-19(29)24(34)35-15/h15-19H,5-14H2,1-4H3,(H,26,31). The fourth-order valence-corrected chi connectivity index (χ4v) is 5.99. The first-order chi connectivity index (χ1) is 16.5. The maximum Gasteiger partial charge on any atom is 0.329 e. The summed E-state index contributed by atoms with van der Waals surface area (Å²) >= 11 is 0. The smallest absolute Gasteiger partial charge is 0.329 e. The SMILES string of the molecule is CC1CC(=O)N2CCCC2C(=O)N2CCCCC2C(=O)NC(C)C(=O)N2CC(C)(C)CC2C(=O)O1.